The summed E-state index contributed by atoms with van der Waals surface area (Å²) in [5.74, 6) is 4.48. The summed E-state index contributed by atoms with van der Waals surface area (Å²) >= 11 is 0. The lowest BCUT2D eigenvalue weighted by molar-refractivity contribution is 0.0919. The monoisotopic (exact) mass is 245 g/mol. The van der Waals surface area contributed by atoms with Crippen LogP contribution in [0.3, 0.4) is 0 Å². The molecule has 1 unspecified atom stereocenters. The van der Waals surface area contributed by atoms with Gasteiger partial charge in [0, 0.05) is 5.56 Å². The third-order valence-electron chi connectivity index (χ3n) is 1.99. The third kappa shape index (κ3) is 3.82. The molecule has 18 heavy (non-hydrogen) atoms. The van der Waals surface area contributed by atoms with Gasteiger partial charge in [0.15, 0.2) is 4.98 Å². The van der Waals surface area contributed by atoms with E-state index in [4.69, 9.17) is 10.1 Å². The molecular formula is C13H13N2O3+. The molecule has 0 heterocycles. The van der Waals surface area contributed by atoms with Crippen LogP contribution in [0.2, 0.25) is 0 Å². The summed E-state index contributed by atoms with van der Waals surface area (Å²) in [7, 11) is 0. The Morgan fingerprint density at radius 2 is 2.11 bits per heavy atom. The second kappa shape index (κ2) is 6.95. The summed E-state index contributed by atoms with van der Waals surface area (Å²) in [5, 5.41) is 27.7. The van der Waals surface area contributed by atoms with Crippen molar-refractivity contribution in [1.82, 2.24) is 0 Å². The van der Waals surface area contributed by atoms with Crippen LogP contribution in [0.4, 0.5) is 0 Å². The molecule has 1 rings (SSSR count). The van der Waals surface area contributed by atoms with Gasteiger partial charge >= 0.3 is 11.6 Å². The number of benzene rings is 1. The Hall–Kier alpha value is -2.50. The Labute approximate surface area is 105 Å². The Kier molecular flexibility index (Phi) is 5.24. The molecule has 5 heteroatoms. The van der Waals surface area contributed by atoms with Crippen molar-refractivity contribution in [3.63, 3.8) is 0 Å². The first-order valence-electron chi connectivity index (χ1n) is 5.34. The molecule has 0 aliphatic carbocycles. The minimum Gasteiger partial charge on any atom is -0.475 e. The molecule has 0 spiro atoms. The zero-order valence-corrected chi connectivity index (χ0v) is 9.87. The molecule has 0 aromatic heterocycles. The van der Waals surface area contributed by atoms with E-state index >= 15 is 0 Å². The van der Waals surface area contributed by atoms with Crippen LogP contribution in [0.25, 0.3) is 4.98 Å². The van der Waals surface area contributed by atoms with Crippen LogP contribution in [0.1, 0.15) is 12.5 Å². The summed E-state index contributed by atoms with van der Waals surface area (Å²) in [6.07, 6.45) is -1.43. The molecule has 92 valence electrons. The van der Waals surface area contributed by atoms with Gasteiger partial charge in [-0.2, -0.15) is 0 Å². The molecule has 0 saturated heterocycles. The van der Waals surface area contributed by atoms with Gasteiger partial charge in [0.1, 0.15) is 0 Å². The lowest BCUT2D eigenvalue weighted by Crippen LogP contribution is -2.09. The molecule has 0 fully saturated rings. The van der Waals surface area contributed by atoms with Crippen LogP contribution in [0.5, 0.6) is 0 Å². The lowest BCUT2D eigenvalue weighted by atomic mass is 10.2. The van der Waals surface area contributed by atoms with Crippen LogP contribution in [-0.2, 0) is 4.74 Å². The maximum Gasteiger partial charge on any atom is 0.480 e. The molecule has 0 radical (unpaired) electrons. The van der Waals surface area contributed by atoms with Crippen molar-refractivity contribution in [3.05, 3.63) is 52.5 Å². The lowest BCUT2D eigenvalue weighted by Gasteiger charge is -1.98. The van der Waals surface area contributed by atoms with Crippen LogP contribution in [0.15, 0.2) is 42.0 Å². The Morgan fingerprint density at radius 1 is 1.44 bits per heavy atom. The molecule has 1 atom stereocenters. The summed E-state index contributed by atoms with van der Waals surface area (Å²) in [6.45, 7) is 1.83. The van der Waals surface area contributed by atoms with Gasteiger partial charge in [-0.15, -0.1) is 0 Å². The normalized spacial score (nSPS) is 12.5. The highest BCUT2D eigenvalue weighted by Crippen LogP contribution is 2.10. The highest BCUT2D eigenvalue weighted by molar-refractivity contribution is 5.37. The fourth-order valence-corrected chi connectivity index (χ4v) is 1.17. The van der Waals surface area contributed by atoms with E-state index in [-0.39, 0.29) is 6.61 Å². The number of hydrogen-bond donors (Lipinski definition) is 2. The van der Waals surface area contributed by atoms with E-state index in [1.165, 1.54) is 0 Å². The highest BCUT2D eigenvalue weighted by atomic mass is 16.6. The number of rotatable bonds is 3. The van der Waals surface area contributed by atoms with Crippen LogP contribution in [-0.4, -0.2) is 22.9 Å². The molecule has 0 bridgehead atoms. The van der Waals surface area contributed by atoms with Crippen molar-refractivity contribution < 1.29 is 14.9 Å². The van der Waals surface area contributed by atoms with Gasteiger partial charge in [-0.05, 0) is 19.1 Å². The molecule has 2 N–H and O–H groups in total. The number of nitrogens with zero attached hydrogens (tertiary/aromatic N) is 2. The third-order valence-corrected chi connectivity index (χ3v) is 1.99. The van der Waals surface area contributed by atoms with Crippen molar-refractivity contribution in [3.8, 4) is 11.8 Å². The highest BCUT2D eigenvalue weighted by Gasteiger charge is 2.29. The largest absolute Gasteiger partial charge is 0.480 e. The van der Waals surface area contributed by atoms with Gasteiger partial charge in [-0.1, -0.05) is 30.0 Å². The van der Waals surface area contributed by atoms with Gasteiger partial charge < -0.3 is 14.9 Å². The van der Waals surface area contributed by atoms with E-state index in [2.05, 4.69) is 16.8 Å². The molecule has 1 aromatic rings. The van der Waals surface area contributed by atoms with Crippen molar-refractivity contribution >= 4 is 0 Å². The number of aliphatic hydroxyl groups excluding tert-OH is 2. The van der Waals surface area contributed by atoms with E-state index in [1.807, 2.05) is 6.07 Å². The molecule has 0 amide bonds. The minimum atomic E-state index is -1.43. The first kappa shape index (κ1) is 13.6. The second-order valence-electron chi connectivity index (χ2n) is 3.26. The van der Waals surface area contributed by atoms with Gasteiger partial charge in [0.25, 0.3) is 0 Å². The predicted octanol–water partition coefficient (Wildman–Crippen LogP) is 2.02. The standard InChI is InChI=1S/C13H12N2O3/c1-2-18-13(17)12(15-14)11(16)9-8-10-6-4-3-5-7-10/h3-7,11,16H,2H2,1H3/p+1/b13-12-. The molecule has 1 aromatic carbocycles. The molecule has 0 aliphatic heterocycles. The number of aliphatic hydroxyl groups is 2. The van der Waals surface area contributed by atoms with Gasteiger partial charge in [0.05, 0.1) is 6.61 Å². The first-order valence-corrected chi connectivity index (χ1v) is 5.34. The molecule has 0 aliphatic rings. The quantitative estimate of drug-likeness (QED) is 0.485. The average molecular weight is 245 g/mol. The average Bonchev–Trinajstić information content (AvgIpc) is 2.39. The Morgan fingerprint density at radius 3 is 2.67 bits per heavy atom. The molecular weight excluding hydrogens is 232 g/mol. The molecule has 5 nitrogen and oxygen atoms in total. The SMILES string of the molecule is CCO/C(O)=C(\[N+]#N)C(O)C#Cc1ccccc1. The summed E-state index contributed by atoms with van der Waals surface area (Å²) in [4.78, 5) is 2.77. The van der Waals surface area contributed by atoms with E-state index in [1.54, 1.807) is 31.2 Å². The smallest absolute Gasteiger partial charge is 0.475 e. The van der Waals surface area contributed by atoms with Crippen LogP contribution >= 0.6 is 0 Å². The topological polar surface area (TPSA) is 77.8 Å². The van der Waals surface area contributed by atoms with Crippen LogP contribution in [0, 0.1) is 17.2 Å². The van der Waals surface area contributed by atoms with Gasteiger partial charge in [0.2, 0.25) is 11.5 Å². The Bertz CT molecular complexity index is 521. The Balaban J connectivity index is 2.89. The summed E-state index contributed by atoms with van der Waals surface area (Å²) in [5.41, 5.74) is 0.282. The van der Waals surface area contributed by atoms with Crippen LogP contribution < -0.4 is 0 Å². The van der Waals surface area contributed by atoms with Crippen molar-refractivity contribution in [2.45, 2.75) is 13.0 Å². The van der Waals surface area contributed by atoms with E-state index in [9.17, 15) is 10.2 Å². The predicted molar refractivity (Wildman–Crippen MR) is 65.7 cm³/mol. The van der Waals surface area contributed by atoms with E-state index in [0.717, 1.165) is 0 Å². The fraction of sp³-hybridized carbons (Fsp3) is 0.231. The maximum atomic E-state index is 9.64. The maximum absolute atomic E-state index is 9.64. The van der Waals surface area contributed by atoms with Gasteiger partial charge in [-0.3, -0.25) is 0 Å². The second-order valence-corrected chi connectivity index (χ2v) is 3.26. The van der Waals surface area contributed by atoms with Crippen molar-refractivity contribution in [2.75, 3.05) is 6.61 Å². The zero-order chi connectivity index (χ0) is 13.4. The number of diazo groups is 1. The number of ether oxygens (including phenoxy) is 1. The minimum absolute atomic E-state index is 0.184. The first-order chi connectivity index (χ1) is 8.69. The summed E-state index contributed by atoms with van der Waals surface area (Å²) < 4.78 is 4.72. The van der Waals surface area contributed by atoms with E-state index < -0.39 is 17.7 Å². The summed E-state index contributed by atoms with van der Waals surface area (Å²) in [6, 6.07) is 8.99. The van der Waals surface area contributed by atoms with Crippen molar-refractivity contribution in [2.24, 2.45) is 0 Å². The van der Waals surface area contributed by atoms with Gasteiger partial charge in [-0.25, -0.2) is 0 Å². The van der Waals surface area contributed by atoms with E-state index in [0.29, 0.717) is 5.56 Å². The number of hydrogen-bond acceptors (Lipinski definition) is 4. The molecule has 0 saturated carbocycles. The zero-order valence-electron chi connectivity index (χ0n) is 9.87. The fourth-order valence-electron chi connectivity index (χ4n) is 1.17. The van der Waals surface area contributed by atoms with Crippen molar-refractivity contribution in [1.29, 1.82) is 5.39 Å².